The summed E-state index contributed by atoms with van der Waals surface area (Å²) in [5.74, 6) is 0. The number of nitrogens with zero attached hydrogens (tertiary/aromatic N) is 5. The minimum atomic E-state index is -4.82. The number of hydrogen-bond acceptors (Lipinski definition) is 0. The van der Waals surface area contributed by atoms with E-state index in [4.69, 9.17) is 0 Å². The van der Waals surface area contributed by atoms with Crippen molar-refractivity contribution in [3.63, 3.8) is 0 Å². The summed E-state index contributed by atoms with van der Waals surface area (Å²) in [6.07, 6.45) is -9.64. The van der Waals surface area contributed by atoms with Gasteiger partial charge in [-0.15, -0.1) is 0 Å². The van der Waals surface area contributed by atoms with Crippen molar-refractivity contribution in [3.8, 4) is 61.8 Å². The molecule has 0 aliphatic rings. The Hall–Kier alpha value is -12.3. The predicted molar refractivity (Wildman–Crippen MR) is 384 cm³/mol. The maximum absolute atomic E-state index is 16.0. The second-order valence-electron chi connectivity index (χ2n) is 24.9. The minimum Gasteiger partial charge on any atom is -0.309 e. The summed E-state index contributed by atoms with van der Waals surface area (Å²) in [5.41, 5.74) is 12.0. The molecule has 0 aliphatic carbocycles. The first-order valence-electron chi connectivity index (χ1n) is 32.1. The van der Waals surface area contributed by atoms with Crippen LogP contribution in [-0.2, 0) is 12.4 Å². The molecule has 0 unspecified atom stereocenters. The van der Waals surface area contributed by atoms with E-state index in [2.05, 4.69) is 132 Å². The van der Waals surface area contributed by atoms with Crippen LogP contribution >= 0.6 is 0 Å². The van der Waals surface area contributed by atoms with E-state index in [1.807, 2.05) is 152 Å². The molecule has 11 heteroatoms. The molecule has 0 fully saturated rings. The second kappa shape index (κ2) is 21.1. The third-order valence-corrected chi connectivity index (χ3v) is 19.7. The first kappa shape index (κ1) is 56.2. The predicted octanol–water partition coefficient (Wildman–Crippen LogP) is 24.2. The minimum absolute atomic E-state index is 0.180. The van der Waals surface area contributed by atoms with Crippen molar-refractivity contribution in [1.29, 1.82) is 0 Å². The lowest BCUT2D eigenvalue weighted by Crippen LogP contribution is -2.16. The fourth-order valence-corrected chi connectivity index (χ4v) is 15.7. The van der Waals surface area contributed by atoms with Crippen LogP contribution in [0.3, 0.4) is 0 Å². The quantitative estimate of drug-likeness (QED) is 0.136. The Morgan fingerprint density at radius 1 is 0.186 bits per heavy atom. The molecule has 97 heavy (non-hydrogen) atoms. The molecule has 0 aliphatic heterocycles. The van der Waals surface area contributed by atoms with Gasteiger partial charge in [-0.2, -0.15) is 26.3 Å². The maximum atomic E-state index is 16.0. The Labute approximate surface area is 550 Å². The number of rotatable bonds is 8. The molecule has 0 saturated heterocycles. The standard InChI is InChI=1S/C86H51F6N5/c87-85(88,89)56-24-20-22-54(48-56)79-81(94-70-37-13-4-28-59(70)60-29-5-14-38-71(60)94)80(55-23-21-25-57(49-55)86(90,91)92)83(96-74-41-17-8-32-63(74)64-33-9-18-42-75(64)96)84(82(79)95-72-39-15-6-30-61(72)62-31-7-16-40-73(62)95)97-76-43-19-11-35-66(76)68-51-53(45-47-78(68)97)52-44-46-77-67(50-52)65-34-10-12-36-69(65)93(77)58-26-2-1-3-27-58/h1-51H. The van der Waals surface area contributed by atoms with Crippen LogP contribution in [0.25, 0.3) is 171 Å². The van der Waals surface area contributed by atoms with E-state index in [-0.39, 0.29) is 11.1 Å². The highest BCUT2D eigenvalue weighted by Crippen LogP contribution is 2.56. The topological polar surface area (TPSA) is 24.6 Å². The summed E-state index contributed by atoms with van der Waals surface area (Å²) in [7, 11) is 0. The number of benzene rings is 14. The van der Waals surface area contributed by atoms with Crippen molar-refractivity contribution < 1.29 is 26.3 Å². The van der Waals surface area contributed by atoms with Gasteiger partial charge in [0.1, 0.15) is 0 Å². The number of fused-ring (bicyclic) bond motifs is 15. The molecule has 14 aromatic carbocycles. The Morgan fingerprint density at radius 2 is 0.454 bits per heavy atom. The van der Waals surface area contributed by atoms with Crippen LogP contribution in [0.5, 0.6) is 0 Å². The molecule has 0 amide bonds. The molecule has 19 aromatic rings. The van der Waals surface area contributed by atoms with Gasteiger partial charge in [-0.25, -0.2) is 0 Å². The average Bonchev–Trinajstić information content (AvgIpc) is 1.47. The van der Waals surface area contributed by atoms with Gasteiger partial charge in [0.2, 0.25) is 0 Å². The first-order valence-corrected chi connectivity index (χ1v) is 32.1. The molecule has 0 atom stereocenters. The number of aromatic nitrogens is 5. The summed E-state index contributed by atoms with van der Waals surface area (Å²) in [5, 5.41) is 9.13. The van der Waals surface area contributed by atoms with Gasteiger partial charge in [0.15, 0.2) is 0 Å². The molecule has 0 radical (unpaired) electrons. The van der Waals surface area contributed by atoms with E-state index >= 15 is 26.3 Å². The van der Waals surface area contributed by atoms with Crippen LogP contribution in [0.15, 0.2) is 309 Å². The smallest absolute Gasteiger partial charge is 0.309 e. The van der Waals surface area contributed by atoms with Crippen molar-refractivity contribution in [2.75, 3.05) is 0 Å². The van der Waals surface area contributed by atoms with Crippen LogP contribution < -0.4 is 0 Å². The lowest BCUT2D eigenvalue weighted by Gasteiger charge is -2.31. The molecule has 5 aromatic heterocycles. The van der Waals surface area contributed by atoms with Gasteiger partial charge in [-0.05, 0) is 131 Å². The molecule has 0 N–H and O–H groups in total. The zero-order valence-corrected chi connectivity index (χ0v) is 51.4. The number of para-hydroxylation sites is 9. The van der Waals surface area contributed by atoms with Gasteiger partial charge >= 0.3 is 12.4 Å². The van der Waals surface area contributed by atoms with Crippen molar-refractivity contribution in [2.45, 2.75) is 12.4 Å². The Kier molecular flexibility index (Phi) is 12.2. The van der Waals surface area contributed by atoms with Gasteiger partial charge in [0.25, 0.3) is 0 Å². The monoisotopic (exact) mass is 1270 g/mol. The van der Waals surface area contributed by atoms with Gasteiger partial charge in [-0.1, -0.05) is 200 Å². The van der Waals surface area contributed by atoms with E-state index in [1.54, 1.807) is 12.1 Å². The normalized spacial score (nSPS) is 12.4. The molecule has 462 valence electrons. The third-order valence-electron chi connectivity index (χ3n) is 19.7. The number of alkyl halides is 6. The molecule has 5 nitrogen and oxygen atoms in total. The van der Waals surface area contributed by atoms with E-state index < -0.39 is 23.5 Å². The SMILES string of the molecule is FC(F)(F)c1cccc(-c2c(-n3c4ccccc4c4ccccc43)c(-c3cccc(C(F)(F)F)c3)c(-n3c4ccccc4c4ccccc43)c(-n3c4ccccc4c4cc(-c5ccc6c(c5)c5ccccc5n6-c5ccccc5)ccc43)c2-n2c3ccccc3c3ccccc32)c1. The van der Waals surface area contributed by atoms with Crippen molar-refractivity contribution in [2.24, 2.45) is 0 Å². The molecule has 0 bridgehead atoms. The van der Waals surface area contributed by atoms with E-state index in [0.717, 1.165) is 127 Å². The zero-order valence-electron chi connectivity index (χ0n) is 51.4. The molecule has 19 rings (SSSR count). The van der Waals surface area contributed by atoms with E-state index in [1.165, 1.54) is 24.3 Å². The first-order chi connectivity index (χ1) is 47.5. The second-order valence-corrected chi connectivity index (χ2v) is 24.9. The number of halogens is 6. The van der Waals surface area contributed by atoms with Gasteiger partial charge < -0.3 is 22.8 Å². The zero-order chi connectivity index (χ0) is 65.0. The maximum Gasteiger partial charge on any atom is 0.416 e. The highest BCUT2D eigenvalue weighted by Gasteiger charge is 2.38. The summed E-state index contributed by atoms with van der Waals surface area (Å²) in [6.45, 7) is 0. The summed E-state index contributed by atoms with van der Waals surface area (Å²) in [6, 6.07) is 98.9. The van der Waals surface area contributed by atoms with Crippen LogP contribution in [0.4, 0.5) is 26.3 Å². The van der Waals surface area contributed by atoms with E-state index in [9.17, 15) is 0 Å². The Bertz CT molecular complexity index is 6130. The van der Waals surface area contributed by atoms with Crippen molar-refractivity contribution in [1.82, 2.24) is 22.8 Å². The summed E-state index contributed by atoms with van der Waals surface area (Å²) < 4.78 is 107. The third kappa shape index (κ3) is 8.40. The Morgan fingerprint density at radius 3 is 0.794 bits per heavy atom. The van der Waals surface area contributed by atoms with Crippen LogP contribution in [0, 0.1) is 0 Å². The fraction of sp³-hybridized carbons (Fsp3) is 0.0233. The molecule has 5 heterocycles. The fourth-order valence-electron chi connectivity index (χ4n) is 15.7. The highest BCUT2D eigenvalue weighted by molar-refractivity contribution is 6.19. The van der Waals surface area contributed by atoms with Crippen molar-refractivity contribution in [3.05, 3.63) is 321 Å². The average molecular weight is 1270 g/mol. The highest BCUT2D eigenvalue weighted by atomic mass is 19.4. The van der Waals surface area contributed by atoms with Crippen LogP contribution in [0.2, 0.25) is 0 Å². The largest absolute Gasteiger partial charge is 0.416 e. The van der Waals surface area contributed by atoms with Gasteiger partial charge in [-0.3, -0.25) is 0 Å². The lowest BCUT2D eigenvalue weighted by molar-refractivity contribution is -0.138. The van der Waals surface area contributed by atoms with E-state index in [0.29, 0.717) is 44.9 Å². The summed E-state index contributed by atoms with van der Waals surface area (Å²) in [4.78, 5) is 0. The molecule has 0 saturated carbocycles. The molecular formula is C86H51F6N5. The molecule has 0 spiro atoms. The van der Waals surface area contributed by atoms with Gasteiger partial charge in [0, 0.05) is 70.7 Å². The van der Waals surface area contributed by atoms with Crippen molar-refractivity contribution >= 4 is 109 Å². The number of hydrogen-bond donors (Lipinski definition) is 0. The molecular weight excluding hydrogens is 1220 g/mol. The lowest BCUT2D eigenvalue weighted by atomic mass is 9.88. The van der Waals surface area contributed by atoms with Crippen LogP contribution in [-0.4, -0.2) is 22.8 Å². The Balaban J connectivity index is 1.08. The van der Waals surface area contributed by atoms with Crippen LogP contribution in [0.1, 0.15) is 11.1 Å². The van der Waals surface area contributed by atoms with Gasteiger partial charge in [0.05, 0.1) is 89.0 Å². The summed E-state index contributed by atoms with van der Waals surface area (Å²) >= 11 is 0.